The smallest absolute Gasteiger partial charge is 0.127 e. The first kappa shape index (κ1) is 17.1. The topological polar surface area (TPSA) is 49.9 Å². The van der Waals surface area contributed by atoms with E-state index in [-0.39, 0.29) is 0 Å². The molecule has 0 unspecified atom stereocenters. The van der Waals surface area contributed by atoms with E-state index in [0.717, 1.165) is 45.3 Å². The number of ether oxygens (including phenoxy) is 2. The van der Waals surface area contributed by atoms with Crippen molar-refractivity contribution in [1.29, 1.82) is 0 Å². The van der Waals surface area contributed by atoms with E-state index in [9.17, 15) is 0 Å². The highest BCUT2D eigenvalue weighted by Crippen LogP contribution is 2.33. The number of hydrogen-bond acceptors (Lipinski definition) is 6. The van der Waals surface area contributed by atoms with Crippen LogP contribution in [0.3, 0.4) is 0 Å². The molecule has 0 fully saturated rings. The summed E-state index contributed by atoms with van der Waals surface area (Å²) >= 11 is 0. The molecule has 0 bridgehead atoms. The lowest BCUT2D eigenvalue weighted by Gasteiger charge is -2.25. The third-order valence-corrected chi connectivity index (χ3v) is 4.11. The highest BCUT2D eigenvalue weighted by atomic mass is 16.5. The van der Waals surface area contributed by atoms with E-state index in [1.807, 2.05) is 56.7 Å². The van der Waals surface area contributed by atoms with Crippen LogP contribution in [0.2, 0.25) is 0 Å². The molecule has 6 heteroatoms. The van der Waals surface area contributed by atoms with Crippen molar-refractivity contribution in [3.63, 3.8) is 0 Å². The molecular weight excluding hydrogens is 316 g/mol. The van der Waals surface area contributed by atoms with E-state index in [1.165, 1.54) is 0 Å². The second-order valence-corrected chi connectivity index (χ2v) is 6.29. The Hall–Kier alpha value is -2.73. The van der Waals surface area contributed by atoms with Gasteiger partial charge < -0.3 is 14.4 Å². The van der Waals surface area contributed by atoms with E-state index >= 15 is 0 Å². The fourth-order valence-electron chi connectivity index (χ4n) is 3.04. The molecule has 1 aromatic carbocycles. The molecule has 0 saturated heterocycles. The number of nitrogens with one attached hydrogen (secondary N) is 1. The van der Waals surface area contributed by atoms with Crippen molar-refractivity contribution in [3.05, 3.63) is 52.2 Å². The molecule has 6 nitrogen and oxygen atoms in total. The summed E-state index contributed by atoms with van der Waals surface area (Å²) in [4.78, 5) is 6.31. The van der Waals surface area contributed by atoms with Crippen molar-refractivity contribution in [2.75, 3.05) is 35.4 Å². The molecule has 1 aromatic heterocycles. The second-order valence-electron chi connectivity index (χ2n) is 6.29. The fourth-order valence-corrected chi connectivity index (χ4v) is 3.04. The Bertz CT molecular complexity index is 868. The number of hydrazine groups is 1. The van der Waals surface area contributed by atoms with Crippen LogP contribution in [0.4, 0.5) is 0 Å². The predicted octanol–water partition coefficient (Wildman–Crippen LogP) is 0.505. The van der Waals surface area contributed by atoms with Crippen LogP contribution in [0.5, 0.6) is 11.5 Å². The number of benzene rings is 1. The zero-order valence-electron chi connectivity index (χ0n) is 15.3. The Kier molecular flexibility index (Phi) is 4.81. The second kappa shape index (κ2) is 7.03. The maximum atomic E-state index is 5.65. The van der Waals surface area contributed by atoms with Gasteiger partial charge in [-0.1, -0.05) is 0 Å². The largest absolute Gasteiger partial charge is 0.496 e. The van der Waals surface area contributed by atoms with Crippen LogP contribution in [-0.2, 0) is 6.54 Å². The molecule has 0 amide bonds. The van der Waals surface area contributed by atoms with E-state index < -0.39 is 0 Å². The average Bonchev–Trinajstić information content (AvgIpc) is 2.60. The Morgan fingerprint density at radius 3 is 2.44 bits per heavy atom. The number of rotatable bonds is 5. The summed E-state index contributed by atoms with van der Waals surface area (Å²) in [7, 11) is 9.39. The van der Waals surface area contributed by atoms with E-state index in [2.05, 4.69) is 15.3 Å². The summed E-state index contributed by atoms with van der Waals surface area (Å²) in [5.74, 6) is 1.62. The molecule has 0 saturated carbocycles. The number of aromatic nitrogens is 1. The van der Waals surface area contributed by atoms with Crippen LogP contribution in [0.1, 0.15) is 11.1 Å². The number of methoxy groups -OCH3 is 2. The van der Waals surface area contributed by atoms with Crippen molar-refractivity contribution in [2.24, 2.45) is 0 Å². The summed E-state index contributed by atoms with van der Waals surface area (Å²) in [5, 5.41) is 4.08. The molecule has 0 radical (unpaired) electrons. The maximum Gasteiger partial charge on any atom is 0.127 e. The van der Waals surface area contributed by atoms with Gasteiger partial charge in [-0.2, -0.15) is 0 Å². The minimum absolute atomic E-state index is 0.740. The average molecular weight is 340 g/mol. The van der Waals surface area contributed by atoms with Crippen LogP contribution in [-0.4, -0.2) is 50.3 Å². The third-order valence-electron chi connectivity index (χ3n) is 4.11. The highest BCUT2D eigenvalue weighted by Gasteiger charge is 2.17. The highest BCUT2D eigenvalue weighted by molar-refractivity contribution is 5.69. The predicted molar refractivity (Wildman–Crippen MR) is 98.3 cm³/mol. The summed E-state index contributed by atoms with van der Waals surface area (Å²) in [6.07, 6.45) is 5.68. The summed E-state index contributed by atoms with van der Waals surface area (Å²) < 4.78 is 11.3. The summed E-state index contributed by atoms with van der Waals surface area (Å²) in [6, 6.07) is 6.11. The monoisotopic (exact) mass is 340 g/mol. The fraction of sp³-hybridized carbons (Fsp3) is 0.316. The van der Waals surface area contributed by atoms with Gasteiger partial charge in [0.25, 0.3) is 0 Å². The van der Waals surface area contributed by atoms with Gasteiger partial charge in [-0.25, -0.2) is 0 Å². The quantitative estimate of drug-likeness (QED) is 0.856. The number of nitrogens with zero attached hydrogens (tertiary/aromatic N) is 3. The van der Waals surface area contributed by atoms with Crippen LogP contribution >= 0.6 is 0 Å². The van der Waals surface area contributed by atoms with Crippen molar-refractivity contribution >= 4 is 11.9 Å². The molecule has 3 rings (SSSR count). The van der Waals surface area contributed by atoms with Crippen LogP contribution in [0.15, 0.2) is 30.6 Å². The van der Waals surface area contributed by atoms with Gasteiger partial charge in [-0.3, -0.25) is 15.4 Å². The Morgan fingerprint density at radius 2 is 1.84 bits per heavy atom. The lowest BCUT2D eigenvalue weighted by atomic mass is 10.0. The first-order chi connectivity index (χ1) is 12.0. The van der Waals surface area contributed by atoms with E-state index in [0.29, 0.717) is 0 Å². The van der Waals surface area contributed by atoms with Gasteiger partial charge in [0.15, 0.2) is 0 Å². The lowest BCUT2D eigenvalue weighted by Crippen LogP contribution is -2.44. The Labute approximate surface area is 148 Å². The molecule has 132 valence electrons. The zero-order valence-corrected chi connectivity index (χ0v) is 15.3. The molecule has 1 aliphatic heterocycles. The minimum Gasteiger partial charge on any atom is -0.496 e. The standard InChI is InChI=1S/C19H24N4O2/c1-22(2)12-16-17(24-4)8-13(9-18(16)25-5)19-15-6-7-20-10-14(15)11-23(3)21-19/h6-11,21H,12H2,1-5H3. The summed E-state index contributed by atoms with van der Waals surface area (Å²) in [6.45, 7) is 0.740. The van der Waals surface area contributed by atoms with Crippen molar-refractivity contribution in [1.82, 2.24) is 20.3 Å². The van der Waals surface area contributed by atoms with Gasteiger partial charge in [-0.05, 0) is 32.3 Å². The molecule has 0 atom stereocenters. The van der Waals surface area contributed by atoms with Crippen molar-refractivity contribution in [3.8, 4) is 11.5 Å². The zero-order chi connectivity index (χ0) is 18.0. The SMILES string of the molecule is COc1cc(C2=c3ccncc3=CN(C)N2)cc(OC)c1CN(C)C. The van der Waals surface area contributed by atoms with Gasteiger partial charge in [0.1, 0.15) is 11.5 Å². The summed E-state index contributed by atoms with van der Waals surface area (Å²) in [5.41, 5.74) is 6.43. The third kappa shape index (κ3) is 3.39. The van der Waals surface area contributed by atoms with Gasteiger partial charge >= 0.3 is 0 Å². The van der Waals surface area contributed by atoms with Crippen LogP contribution in [0.25, 0.3) is 11.9 Å². The minimum atomic E-state index is 0.740. The van der Waals surface area contributed by atoms with Crippen molar-refractivity contribution < 1.29 is 9.47 Å². The number of fused-ring (bicyclic) bond motifs is 1. The maximum absolute atomic E-state index is 5.65. The lowest BCUT2D eigenvalue weighted by molar-refractivity contribution is 0.348. The van der Waals surface area contributed by atoms with E-state index in [1.54, 1.807) is 20.4 Å². The van der Waals surface area contributed by atoms with Crippen molar-refractivity contribution in [2.45, 2.75) is 6.54 Å². The number of pyridine rings is 1. The normalized spacial score (nSPS) is 13.2. The molecule has 0 spiro atoms. The van der Waals surface area contributed by atoms with Crippen LogP contribution in [0, 0.1) is 0 Å². The van der Waals surface area contributed by atoms with Gasteiger partial charge in [-0.15, -0.1) is 0 Å². The molecule has 1 aliphatic rings. The molecule has 25 heavy (non-hydrogen) atoms. The molecule has 0 aliphatic carbocycles. The molecule has 2 aromatic rings. The number of hydrogen-bond donors (Lipinski definition) is 1. The Balaban J connectivity index is 2.23. The van der Waals surface area contributed by atoms with Gasteiger partial charge in [0, 0.05) is 48.2 Å². The Morgan fingerprint density at radius 1 is 1.16 bits per heavy atom. The van der Waals surface area contributed by atoms with Crippen LogP contribution < -0.4 is 25.3 Å². The molecular formula is C19H24N4O2. The van der Waals surface area contributed by atoms with Gasteiger partial charge in [0.2, 0.25) is 0 Å². The van der Waals surface area contributed by atoms with E-state index in [4.69, 9.17) is 9.47 Å². The molecule has 2 heterocycles. The first-order valence-corrected chi connectivity index (χ1v) is 8.09. The first-order valence-electron chi connectivity index (χ1n) is 8.09. The van der Waals surface area contributed by atoms with Gasteiger partial charge in [0.05, 0.1) is 25.5 Å². The molecule has 1 N–H and O–H groups in total.